The van der Waals surface area contributed by atoms with Gasteiger partial charge < -0.3 is 26.7 Å². The summed E-state index contributed by atoms with van der Waals surface area (Å²) in [5.41, 5.74) is 3.01. The van der Waals surface area contributed by atoms with Gasteiger partial charge in [0.1, 0.15) is 22.7 Å². The third kappa shape index (κ3) is 7.75. The van der Waals surface area contributed by atoms with Crippen LogP contribution < -0.4 is 14.2 Å². The van der Waals surface area contributed by atoms with Crippen LogP contribution in [0.2, 0.25) is 0 Å². The molecule has 4 aromatic carbocycles. The summed E-state index contributed by atoms with van der Waals surface area (Å²) in [4.78, 5) is 0. The molecule has 1 heterocycles. The van der Waals surface area contributed by atoms with Crippen LogP contribution in [0.25, 0.3) is 11.4 Å². The van der Waals surface area contributed by atoms with Crippen molar-refractivity contribution in [2.45, 2.75) is 26.2 Å². The Morgan fingerprint density at radius 3 is 1.60 bits per heavy atom. The van der Waals surface area contributed by atoms with Crippen molar-refractivity contribution in [3.05, 3.63) is 127 Å². The van der Waals surface area contributed by atoms with E-state index in [1.165, 1.54) is 0 Å². The molecule has 0 saturated carbocycles. The lowest BCUT2D eigenvalue weighted by atomic mass is 10.1. The molecule has 0 N–H and O–H groups in total. The van der Waals surface area contributed by atoms with Gasteiger partial charge in [-0.15, -0.1) is 0 Å². The standard InChI is InChI=1S/C31H29N2O2.BF4/c1-2-3-24-29-30(34-27-20-12-6-13-21-27)32(25-16-8-4-9-17-25)33(26-18-10-5-11-19-26)31(29)35-28-22-14-7-15-23-28;2-1(3,4)5/h4-23H,2-3,24H2,1H3;/q+1;-1. The monoisotopic (exact) mass is 548 g/mol. The van der Waals surface area contributed by atoms with Gasteiger partial charge in [-0.2, -0.15) is 0 Å². The minimum Gasteiger partial charge on any atom is -0.436 e. The molecule has 40 heavy (non-hydrogen) atoms. The highest BCUT2D eigenvalue weighted by atomic mass is 19.5. The predicted octanol–water partition coefficient (Wildman–Crippen LogP) is 8.98. The van der Waals surface area contributed by atoms with E-state index in [1.807, 2.05) is 97.1 Å². The Kier molecular flexibility index (Phi) is 9.62. The maximum absolute atomic E-state index is 9.75. The van der Waals surface area contributed by atoms with E-state index in [-0.39, 0.29) is 0 Å². The lowest BCUT2D eigenvalue weighted by Gasteiger charge is -2.09. The third-order valence-electron chi connectivity index (χ3n) is 5.80. The average Bonchev–Trinajstić information content (AvgIpc) is 3.25. The normalized spacial score (nSPS) is 10.9. The molecule has 0 amide bonds. The lowest BCUT2D eigenvalue weighted by molar-refractivity contribution is -0.679. The molecule has 5 aromatic rings. The maximum Gasteiger partial charge on any atom is 0.673 e. The molecule has 0 radical (unpaired) electrons. The number of nitrogens with zero attached hydrogens (tertiary/aromatic N) is 2. The summed E-state index contributed by atoms with van der Waals surface area (Å²) < 4.78 is 56.5. The summed E-state index contributed by atoms with van der Waals surface area (Å²) in [6.45, 7) is 2.20. The Hall–Kier alpha value is -4.53. The number of halogens is 4. The first-order valence-corrected chi connectivity index (χ1v) is 13.0. The SMILES string of the molecule is CCCCc1c(Oc2ccccc2)n(-c2ccccc2)[n+](-c2ccccc2)c1Oc1ccccc1.F[B-](F)(F)F. The Morgan fingerprint density at radius 1 is 0.650 bits per heavy atom. The van der Waals surface area contributed by atoms with E-state index >= 15 is 0 Å². The van der Waals surface area contributed by atoms with Crippen molar-refractivity contribution in [2.24, 2.45) is 0 Å². The summed E-state index contributed by atoms with van der Waals surface area (Å²) in [7, 11) is -6.00. The Bertz CT molecular complexity index is 1360. The maximum atomic E-state index is 9.75. The second-order valence-electron chi connectivity index (χ2n) is 8.81. The summed E-state index contributed by atoms with van der Waals surface area (Å²) >= 11 is 0. The Balaban J connectivity index is 0.000000681. The van der Waals surface area contributed by atoms with Crippen molar-refractivity contribution in [1.82, 2.24) is 4.68 Å². The van der Waals surface area contributed by atoms with Gasteiger partial charge in [0.05, 0.1) is 0 Å². The molecular weight excluding hydrogens is 519 g/mol. The lowest BCUT2D eigenvalue weighted by Crippen LogP contribution is -2.40. The Morgan fingerprint density at radius 2 is 1.10 bits per heavy atom. The number of para-hydroxylation sites is 4. The van der Waals surface area contributed by atoms with Crippen LogP contribution in [-0.4, -0.2) is 11.9 Å². The van der Waals surface area contributed by atoms with Crippen LogP contribution in [0.5, 0.6) is 23.3 Å². The zero-order chi connectivity index (χ0) is 28.4. The summed E-state index contributed by atoms with van der Waals surface area (Å²) in [6, 6.07) is 40.5. The molecule has 0 fully saturated rings. The fourth-order valence-corrected chi connectivity index (χ4v) is 4.11. The first kappa shape index (κ1) is 28.5. The van der Waals surface area contributed by atoms with E-state index < -0.39 is 7.25 Å². The van der Waals surface area contributed by atoms with Crippen molar-refractivity contribution in [1.29, 1.82) is 0 Å². The topological polar surface area (TPSA) is 27.3 Å². The fourth-order valence-electron chi connectivity index (χ4n) is 4.11. The van der Waals surface area contributed by atoms with E-state index in [0.717, 1.165) is 59.5 Å². The van der Waals surface area contributed by atoms with Gasteiger partial charge >= 0.3 is 13.1 Å². The van der Waals surface area contributed by atoms with Gasteiger partial charge in [0.15, 0.2) is 0 Å². The minimum atomic E-state index is -6.00. The van der Waals surface area contributed by atoms with Crippen molar-refractivity contribution in [3.63, 3.8) is 0 Å². The van der Waals surface area contributed by atoms with Gasteiger partial charge in [-0.3, -0.25) is 0 Å². The number of hydrogen-bond donors (Lipinski definition) is 0. The van der Waals surface area contributed by atoms with Gasteiger partial charge in [0.2, 0.25) is 5.69 Å². The van der Waals surface area contributed by atoms with Crippen LogP contribution in [-0.2, 0) is 6.42 Å². The summed E-state index contributed by atoms with van der Waals surface area (Å²) in [5.74, 6) is 3.08. The van der Waals surface area contributed by atoms with Crippen molar-refractivity contribution >= 4 is 7.25 Å². The number of aromatic nitrogens is 2. The zero-order valence-electron chi connectivity index (χ0n) is 22.0. The van der Waals surface area contributed by atoms with E-state index in [1.54, 1.807) is 0 Å². The molecule has 0 unspecified atom stereocenters. The van der Waals surface area contributed by atoms with Crippen LogP contribution >= 0.6 is 0 Å². The van der Waals surface area contributed by atoms with E-state index in [4.69, 9.17) is 9.47 Å². The van der Waals surface area contributed by atoms with Crippen LogP contribution in [0.1, 0.15) is 25.3 Å². The summed E-state index contributed by atoms with van der Waals surface area (Å²) in [6.07, 6.45) is 2.91. The van der Waals surface area contributed by atoms with Crippen LogP contribution in [0, 0.1) is 0 Å². The molecule has 0 atom stereocenters. The van der Waals surface area contributed by atoms with Gasteiger partial charge in [-0.1, -0.05) is 90.8 Å². The molecule has 5 rings (SSSR count). The number of ether oxygens (including phenoxy) is 2. The first-order chi connectivity index (χ1) is 19.3. The molecule has 0 saturated heterocycles. The van der Waals surface area contributed by atoms with Crippen molar-refractivity contribution in [2.75, 3.05) is 0 Å². The van der Waals surface area contributed by atoms with Gasteiger partial charge in [0, 0.05) is 12.1 Å². The van der Waals surface area contributed by atoms with Gasteiger partial charge in [0.25, 0.3) is 5.88 Å². The molecule has 0 aliphatic heterocycles. The molecule has 4 nitrogen and oxygen atoms in total. The molecular formula is C31H29BF4N2O2. The number of unbranched alkanes of at least 4 members (excludes halogenated alkanes) is 1. The fraction of sp³-hybridized carbons (Fsp3) is 0.129. The molecule has 206 valence electrons. The van der Waals surface area contributed by atoms with E-state index in [9.17, 15) is 17.3 Å². The molecule has 0 aliphatic carbocycles. The average molecular weight is 548 g/mol. The minimum absolute atomic E-state index is 0.755. The predicted molar refractivity (Wildman–Crippen MR) is 149 cm³/mol. The first-order valence-electron chi connectivity index (χ1n) is 13.0. The molecule has 1 aromatic heterocycles. The van der Waals surface area contributed by atoms with Crippen LogP contribution in [0.3, 0.4) is 0 Å². The molecule has 0 spiro atoms. The number of rotatable bonds is 9. The second kappa shape index (κ2) is 13.5. The zero-order valence-corrected chi connectivity index (χ0v) is 22.0. The van der Waals surface area contributed by atoms with Crippen molar-refractivity contribution in [3.8, 4) is 34.6 Å². The smallest absolute Gasteiger partial charge is 0.436 e. The molecule has 0 aliphatic rings. The Labute approximate surface area is 231 Å². The highest BCUT2D eigenvalue weighted by Crippen LogP contribution is 2.37. The van der Waals surface area contributed by atoms with Gasteiger partial charge in [-0.05, 0) is 53.9 Å². The second-order valence-corrected chi connectivity index (χ2v) is 8.81. The quantitative estimate of drug-likeness (QED) is 0.104. The van der Waals surface area contributed by atoms with Crippen LogP contribution in [0.15, 0.2) is 121 Å². The highest BCUT2D eigenvalue weighted by molar-refractivity contribution is 6.50. The number of benzene rings is 4. The highest BCUT2D eigenvalue weighted by Gasteiger charge is 2.36. The van der Waals surface area contributed by atoms with Crippen molar-refractivity contribution < 1.29 is 31.4 Å². The molecule has 9 heteroatoms. The van der Waals surface area contributed by atoms with Gasteiger partial charge in [-0.25, -0.2) is 0 Å². The largest absolute Gasteiger partial charge is 0.673 e. The van der Waals surface area contributed by atoms with E-state index in [2.05, 4.69) is 40.6 Å². The number of hydrogen-bond acceptors (Lipinski definition) is 2. The molecule has 0 bridgehead atoms. The van der Waals surface area contributed by atoms with E-state index in [0.29, 0.717) is 0 Å². The summed E-state index contributed by atoms with van der Waals surface area (Å²) in [5, 5.41) is 0. The van der Waals surface area contributed by atoms with Crippen LogP contribution in [0.4, 0.5) is 17.3 Å². The third-order valence-corrected chi connectivity index (χ3v) is 5.80.